The lowest BCUT2D eigenvalue weighted by molar-refractivity contribution is -0.385. The predicted molar refractivity (Wildman–Crippen MR) is 106 cm³/mol. The van der Waals surface area contributed by atoms with Gasteiger partial charge < -0.3 is 9.84 Å². The van der Waals surface area contributed by atoms with E-state index in [9.17, 15) is 20.0 Å². The van der Waals surface area contributed by atoms with Crippen LogP contribution in [0.2, 0.25) is 0 Å². The summed E-state index contributed by atoms with van der Waals surface area (Å²) in [4.78, 5) is 22.1. The lowest BCUT2D eigenvalue weighted by atomic mass is 10.1. The number of ether oxygens (including phenoxy) is 1. The molecule has 1 amide bonds. The molecule has 0 saturated carbocycles. The second-order valence-corrected chi connectivity index (χ2v) is 5.92. The molecule has 0 aliphatic rings. The molecule has 0 unspecified atom stereocenters. The van der Waals surface area contributed by atoms with Crippen LogP contribution in [-0.2, 0) is 4.79 Å². The number of rotatable bonds is 7. The van der Waals surface area contributed by atoms with E-state index in [0.717, 1.165) is 35.5 Å². The Morgan fingerprint density at radius 3 is 2.55 bits per heavy atom. The van der Waals surface area contributed by atoms with Crippen molar-refractivity contribution in [3.8, 4) is 22.6 Å². The van der Waals surface area contributed by atoms with Crippen molar-refractivity contribution in [1.82, 2.24) is 5.43 Å². The molecule has 0 fully saturated rings. The summed E-state index contributed by atoms with van der Waals surface area (Å²) in [6.45, 7) is -0.291. The van der Waals surface area contributed by atoms with Crippen LogP contribution in [0.5, 0.6) is 11.5 Å². The van der Waals surface area contributed by atoms with Gasteiger partial charge in [-0.2, -0.15) is 5.10 Å². The van der Waals surface area contributed by atoms with Crippen LogP contribution in [-0.4, -0.2) is 23.7 Å². The molecule has 0 aromatic heterocycles. The van der Waals surface area contributed by atoms with Crippen LogP contribution in [0, 0.1) is 10.1 Å². The minimum absolute atomic E-state index is 0.00478. The van der Waals surface area contributed by atoms with Gasteiger partial charge in [0, 0.05) is 17.7 Å². The lowest BCUT2D eigenvalue weighted by Crippen LogP contribution is -2.24. The summed E-state index contributed by atoms with van der Waals surface area (Å²) in [7, 11) is 0. The van der Waals surface area contributed by atoms with Gasteiger partial charge in [0.1, 0.15) is 5.75 Å². The van der Waals surface area contributed by atoms with E-state index >= 15 is 0 Å². The molecule has 0 heterocycles. The van der Waals surface area contributed by atoms with E-state index in [1.165, 1.54) is 0 Å². The molecule has 0 spiro atoms. The van der Waals surface area contributed by atoms with Crippen LogP contribution in [0.4, 0.5) is 5.69 Å². The summed E-state index contributed by atoms with van der Waals surface area (Å²) in [6.07, 6.45) is 1.06. The van der Waals surface area contributed by atoms with Crippen molar-refractivity contribution in [3.63, 3.8) is 0 Å². The van der Waals surface area contributed by atoms with Crippen LogP contribution in [0.15, 0.2) is 77.9 Å². The first-order valence-electron chi connectivity index (χ1n) is 8.59. The second kappa shape index (κ2) is 9.14. The van der Waals surface area contributed by atoms with E-state index in [2.05, 4.69) is 10.5 Å². The molecule has 3 aromatic carbocycles. The van der Waals surface area contributed by atoms with Gasteiger partial charge in [0.2, 0.25) is 0 Å². The van der Waals surface area contributed by atoms with E-state index in [4.69, 9.17) is 4.74 Å². The predicted octanol–water partition coefficient (Wildman–Crippen LogP) is 2.86. The summed E-state index contributed by atoms with van der Waals surface area (Å²) in [5.41, 5.74) is 3.79. The molecule has 29 heavy (non-hydrogen) atoms. The van der Waals surface area contributed by atoms with Crippen molar-refractivity contribution >= 4 is 17.8 Å². The third-order valence-electron chi connectivity index (χ3n) is 3.93. The number of nitrogens with one attached hydrogen (secondary N) is 1. The maximum absolute atomic E-state index is 12.0. The molecule has 0 bridgehead atoms. The van der Waals surface area contributed by atoms with Crippen molar-refractivity contribution in [2.24, 2.45) is 5.10 Å². The fourth-order valence-electron chi connectivity index (χ4n) is 2.55. The van der Waals surface area contributed by atoms with Crippen LogP contribution in [0.3, 0.4) is 0 Å². The Balaban J connectivity index is 1.61. The highest BCUT2D eigenvalue weighted by molar-refractivity contribution is 5.86. The van der Waals surface area contributed by atoms with E-state index in [1.807, 2.05) is 42.5 Å². The van der Waals surface area contributed by atoms with Gasteiger partial charge in [0.05, 0.1) is 11.1 Å². The Bertz CT molecular complexity index is 1050. The van der Waals surface area contributed by atoms with Gasteiger partial charge in [0.15, 0.2) is 6.61 Å². The number of non-ortho nitro benzene ring substituents is 1. The molecule has 8 heteroatoms. The standard InChI is InChI=1S/C21H17N3O5/c25-19-11-10-17(24(27)28)12-16(19)13-22-23-21(26)14-29-20-9-5-4-8-18(20)15-6-2-1-3-7-15/h1-13,25H,14H2,(H,23,26)/p-1/b22-13-. The maximum atomic E-state index is 12.0. The van der Waals surface area contributed by atoms with Crippen molar-refractivity contribution in [2.75, 3.05) is 6.61 Å². The number of hydrogen-bond donors (Lipinski definition) is 1. The number of carbonyl (C=O) groups is 1. The van der Waals surface area contributed by atoms with E-state index in [0.29, 0.717) is 5.75 Å². The van der Waals surface area contributed by atoms with Gasteiger partial charge in [-0.1, -0.05) is 60.3 Å². The molecule has 0 radical (unpaired) electrons. The zero-order chi connectivity index (χ0) is 20.6. The number of hydrazone groups is 1. The number of nitrogens with zero attached hydrogens (tertiary/aromatic N) is 2. The van der Waals surface area contributed by atoms with Crippen LogP contribution in [0.25, 0.3) is 11.1 Å². The quantitative estimate of drug-likeness (QED) is 0.378. The normalized spacial score (nSPS) is 10.6. The van der Waals surface area contributed by atoms with E-state index in [1.54, 1.807) is 12.1 Å². The van der Waals surface area contributed by atoms with Crippen LogP contribution in [0.1, 0.15) is 5.56 Å². The summed E-state index contributed by atoms with van der Waals surface area (Å²) < 4.78 is 5.59. The first-order valence-corrected chi connectivity index (χ1v) is 8.59. The van der Waals surface area contributed by atoms with Gasteiger partial charge in [-0.3, -0.25) is 14.9 Å². The SMILES string of the molecule is O=C(COc1ccccc1-c1ccccc1)N/N=C\c1cc([N+](=O)[O-])ccc1[O-]. The zero-order valence-electron chi connectivity index (χ0n) is 15.1. The third kappa shape index (κ3) is 5.16. The van der Waals surface area contributed by atoms with Gasteiger partial charge >= 0.3 is 0 Å². The summed E-state index contributed by atoms with van der Waals surface area (Å²) in [6, 6.07) is 20.2. The van der Waals surface area contributed by atoms with Gasteiger partial charge in [-0.05, 0) is 17.2 Å². The van der Waals surface area contributed by atoms with Crippen molar-refractivity contribution in [3.05, 3.63) is 88.5 Å². The van der Waals surface area contributed by atoms with Crippen LogP contribution < -0.4 is 15.3 Å². The number of para-hydroxylation sites is 1. The van der Waals surface area contributed by atoms with Gasteiger partial charge in [-0.15, -0.1) is 0 Å². The first kappa shape index (κ1) is 19.6. The highest BCUT2D eigenvalue weighted by Crippen LogP contribution is 2.29. The molecule has 8 nitrogen and oxygen atoms in total. The number of benzene rings is 3. The molecular formula is C21H16N3O5-. The Morgan fingerprint density at radius 2 is 1.79 bits per heavy atom. The zero-order valence-corrected chi connectivity index (χ0v) is 15.1. The average Bonchev–Trinajstić information content (AvgIpc) is 2.74. The number of amides is 1. The minimum Gasteiger partial charge on any atom is -0.872 e. The van der Waals surface area contributed by atoms with Gasteiger partial charge in [0.25, 0.3) is 11.6 Å². The van der Waals surface area contributed by atoms with Crippen LogP contribution >= 0.6 is 0 Å². The minimum atomic E-state index is -0.618. The second-order valence-electron chi connectivity index (χ2n) is 5.92. The Labute approximate surface area is 166 Å². The topological polar surface area (TPSA) is 117 Å². The lowest BCUT2D eigenvalue weighted by Gasteiger charge is -2.11. The maximum Gasteiger partial charge on any atom is 0.277 e. The molecule has 1 N–H and O–H groups in total. The van der Waals surface area contributed by atoms with Crippen molar-refractivity contribution < 1.29 is 19.6 Å². The average molecular weight is 390 g/mol. The Hall–Kier alpha value is -4.20. The Kier molecular flexibility index (Phi) is 6.16. The van der Waals surface area contributed by atoms with E-state index in [-0.39, 0.29) is 17.9 Å². The molecule has 0 aliphatic heterocycles. The highest BCUT2D eigenvalue weighted by Gasteiger charge is 2.08. The Morgan fingerprint density at radius 1 is 1.07 bits per heavy atom. The number of nitro benzene ring substituents is 1. The van der Waals surface area contributed by atoms with Crippen molar-refractivity contribution in [1.29, 1.82) is 0 Å². The largest absolute Gasteiger partial charge is 0.872 e. The molecular weight excluding hydrogens is 374 g/mol. The fourth-order valence-corrected chi connectivity index (χ4v) is 2.55. The number of carbonyl (C=O) groups excluding carboxylic acids is 1. The molecule has 3 rings (SSSR count). The van der Waals surface area contributed by atoms with Gasteiger partial charge in [-0.25, -0.2) is 5.43 Å². The molecule has 146 valence electrons. The number of hydrogen-bond acceptors (Lipinski definition) is 6. The smallest absolute Gasteiger partial charge is 0.277 e. The summed E-state index contributed by atoms with van der Waals surface area (Å²) >= 11 is 0. The number of nitro groups is 1. The fraction of sp³-hybridized carbons (Fsp3) is 0.0476. The first-order chi connectivity index (χ1) is 14.0. The summed E-state index contributed by atoms with van der Waals surface area (Å²) in [5.74, 6) is -0.443. The molecule has 0 aliphatic carbocycles. The van der Waals surface area contributed by atoms with Crippen molar-refractivity contribution in [2.45, 2.75) is 0 Å². The molecule has 0 saturated heterocycles. The van der Waals surface area contributed by atoms with E-state index < -0.39 is 16.6 Å². The molecule has 0 atom stereocenters. The summed E-state index contributed by atoms with van der Waals surface area (Å²) in [5, 5.41) is 26.1. The molecule has 3 aromatic rings. The highest BCUT2D eigenvalue weighted by atomic mass is 16.6. The third-order valence-corrected chi connectivity index (χ3v) is 3.93. The monoisotopic (exact) mass is 390 g/mol.